The number of hydrogen-bond acceptors (Lipinski definition) is 2. The van der Waals surface area contributed by atoms with Gasteiger partial charge in [-0.3, -0.25) is 0 Å². The molecule has 0 aliphatic carbocycles. The highest BCUT2D eigenvalue weighted by atomic mass is 79.9. The molecule has 0 spiro atoms. The number of alkyl halides is 2. The molecule has 0 amide bonds. The summed E-state index contributed by atoms with van der Waals surface area (Å²) in [6, 6.07) is 14.5. The lowest BCUT2D eigenvalue weighted by atomic mass is 10.0. The number of halogens is 2. The molecule has 1 aliphatic rings. The zero-order valence-corrected chi connectivity index (χ0v) is 12.7. The Bertz CT molecular complexity index is 589. The Balaban J connectivity index is 2.02. The third-order valence-electron chi connectivity index (χ3n) is 3.40. The molecule has 4 heteroatoms. The van der Waals surface area contributed by atoms with Crippen molar-refractivity contribution in [3.8, 4) is 0 Å². The van der Waals surface area contributed by atoms with Crippen LogP contribution in [0.1, 0.15) is 5.56 Å². The van der Waals surface area contributed by atoms with Crippen LogP contribution >= 0.6 is 27.5 Å². The van der Waals surface area contributed by atoms with E-state index < -0.39 is 5.79 Å². The molecular formula is C15H14BrClO2. The summed E-state index contributed by atoms with van der Waals surface area (Å²) in [4.78, 5) is 0. The van der Waals surface area contributed by atoms with Crippen molar-refractivity contribution in [2.24, 2.45) is 0 Å². The minimum atomic E-state index is -0.719. The number of benzene rings is 2. The normalized spacial score (nSPS) is 26.9. The van der Waals surface area contributed by atoms with Gasteiger partial charge in [0.25, 0.3) is 0 Å². The van der Waals surface area contributed by atoms with Crippen molar-refractivity contribution in [2.45, 2.75) is 11.9 Å². The van der Waals surface area contributed by atoms with Crippen LogP contribution < -0.4 is 0 Å². The Kier molecular flexibility index (Phi) is 3.81. The second kappa shape index (κ2) is 5.41. The van der Waals surface area contributed by atoms with E-state index in [-0.39, 0.29) is 6.10 Å². The molecule has 100 valence electrons. The van der Waals surface area contributed by atoms with E-state index in [4.69, 9.17) is 21.1 Å². The van der Waals surface area contributed by atoms with E-state index in [1.54, 1.807) is 0 Å². The molecule has 1 saturated heterocycles. The minimum Gasteiger partial charge on any atom is -0.342 e. The lowest BCUT2D eigenvalue weighted by Crippen LogP contribution is -2.30. The smallest absolute Gasteiger partial charge is 0.205 e. The van der Waals surface area contributed by atoms with E-state index in [1.807, 2.05) is 12.1 Å². The van der Waals surface area contributed by atoms with Gasteiger partial charge in [-0.05, 0) is 16.8 Å². The van der Waals surface area contributed by atoms with Gasteiger partial charge in [0.15, 0.2) is 0 Å². The standard InChI is InChI=1S/C15H14BrClO2/c16-10-15(18-9-14(8-17)19-15)13-6-5-11-3-1-2-4-12(11)7-13/h1-7,14H,8-10H2/t14-,15+/m1/s1. The molecule has 0 aromatic heterocycles. The van der Waals surface area contributed by atoms with Crippen molar-refractivity contribution < 1.29 is 9.47 Å². The van der Waals surface area contributed by atoms with Crippen LogP contribution in [0, 0.1) is 0 Å². The second-order valence-corrected chi connectivity index (χ2v) is 5.52. The molecule has 0 bridgehead atoms. The zero-order chi connectivity index (χ0) is 13.3. The van der Waals surface area contributed by atoms with Gasteiger partial charge in [0, 0.05) is 5.56 Å². The van der Waals surface area contributed by atoms with Gasteiger partial charge in [0.05, 0.1) is 23.9 Å². The predicted molar refractivity (Wildman–Crippen MR) is 81.0 cm³/mol. The topological polar surface area (TPSA) is 18.5 Å². The molecule has 1 fully saturated rings. The lowest BCUT2D eigenvalue weighted by molar-refractivity contribution is -0.154. The largest absolute Gasteiger partial charge is 0.342 e. The predicted octanol–water partition coefficient (Wildman–Crippen LogP) is 4.04. The first kappa shape index (κ1) is 13.4. The van der Waals surface area contributed by atoms with Gasteiger partial charge in [0.1, 0.15) is 0 Å². The Hall–Kier alpha value is -0.610. The van der Waals surface area contributed by atoms with Gasteiger partial charge < -0.3 is 9.47 Å². The van der Waals surface area contributed by atoms with Gasteiger partial charge in [-0.1, -0.05) is 52.3 Å². The highest BCUT2D eigenvalue weighted by molar-refractivity contribution is 9.09. The first-order valence-electron chi connectivity index (χ1n) is 6.20. The molecule has 19 heavy (non-hydrogen) atoms. The fraction of sp³-hybridized carbons (Fsp3) is 0.333. The molecule has 0 unspecified atom stereocenters. The average molecular weight is 342 g/mol. The van der Waals surface area contributed by atoms with Gasteiger partial charge in [0.2, 0.25) is 5.79 Å². The maximum atomic E-state index is 5.98. The molecular weight excluding hydrogens is 328 g/mol. The van der Waals surface area contributed by atoms with Crippen molar-refractivity contribution in [3.05, 3.63) is 48.0 Å². The molecule has 1 heterocycles. The quantitative estimate of drug-likeness (QED) is 0.784. The van der Waals surface area contributed by atoms with Crippen LogP contribution in [0.2, 0.25) is 0 Å². The Morgan fingerprint density at radius 3 is 2.68 bits per heavy atom. The zero-order valence-electron chi connectivity index (χ0n) is 10.3. The Labute approximate surface area is 125 Å². The highest BCUT2D eigenvalue weighted by Gasteiger charge is 2.42. The molecule has 2 aromatic rings. The maximum Gasteiger partial charge on any atom is 0.205 e. The van der Waals surface area contributed by atoms with Crippen LogP contribution in [0.15, 0.2) is 42.5 Å². The molecule has 0 radical (unpaired) electrons. The van der Waals surface area contributed by atoms with Crippen LogP contribution in [0.3, 0.4) is 0 Å². The molecule has 0 saturated carbocycles. The lowest BCUT2D eigenvalue weighted by Gasteiger charge is -2.26. The molecule has 2 atom stereocenters. The van der Waals surface area contributed by atoms with E-state index in [1.165, 1.54) is 10.8 Å². The van der Waals surface area contributed by atoms with Crippen molar-refractivity contribution in [1.29, 1.82) is 0 Å². The summed E-state index contributed by atoms with van der Waals surface area (Å²) in [7, 11) is 0. The van der Waals surface area contributed by atoms with Gasteiger partial charge >= 0.3 is 0 Å². The van der Waals surface area contributed by atoms with E-state index in [2.05, 4.69) is 46.3 Å². The fourth-order valence-electron chi connectivity index (χ4n) is 2.37. The van der Waals surface area contributed by atoms with Gasteiger partial charge in [-0.25, -0.2) is 0 Å². The summed E-state index contributed by atoms with van der Waals surface area (Å²) in [5.74, 6) is -0.272. The number of hydrogen-bond donors (Lipinski definition) is 0. The highest BCUT2D eigenvalue weighted by Crippen LogP contribution is 2.37. The Morgan fingerprint density at radius 1 is 1.21 bits per heavy atom. The summed E-state index contributed by atoms with van der Waals surface area (Å²) in [5, 5.41) is 2.98. The van der Waals surface area contributed by atoms with Crippen molar-refractivity contribution in [2.75, 3.05) is 17.8 Å². The van der Waals surface area contributed by atoms with Crippen LogP contribution in [0.4, 0.5) is 0 Å². The molecule has 2 nitrogen and oxygen atoms in total. The summed E-state index contributed by atoms with van der Waals surface area (Å²) in [5.41, 5.74) is 1.02. The Morgan fingerprint density at radius 2 is 2.00 bits per heavy atom. The van der Waals surface area contributed by atoms with Crippen molar-refractivity contribution in [1.82, 2.24) is 0 Å². The molecule has 3 rings (SSSR count). The fourth-order valence-corrected chi connectivity index (χ4v) is 3.14. The van der Waals surface area contributed by atoms with E-state index in [9.17, 15) is 0 Å². The van der Waals surface area contributed by atoms with Crippen molar-refractivity contribution >= 4 is 38.3 Å². The summed E-state index contributed by atoms with van der Waals surface area (Å²) in [6.45, 7) is 0.530. The van der Waals surface area contributed by atoms with Crippen LogP contribution in [-0.4, -0.2) is 23.9 Å². The van der Waals surface area contributed by atoms with Crippen LogP contribution in [-0.2, 0) is 15.3 Å². The number of rotatable bonds is 3. The van der Waals surface area contributed by atoms with E-state index in [0.29, 0.717) is 17.8 Å². The maximum absolute atomic E-state index is 5.98. The van der Waals surface area contributed by atoms with Gasteiger partial charge in [-0.2, -0.15) is 0 Å². The monoisotopic (exact) mass is 340 g/mol. The summed E-state index contributed by atoms with van der Waals surface area (Å²) in [6.07, 6.45) is -0.0503. The third kappa shape index (κ3) is 2.40. The molecule has 0 N–H and O–H groups in total. The van der Waals surface area contributed by atoms with E-state index in [0.717, 1.165) is 5.56 Å². The number of ether oxygens (including phenoxy) is 2. The SMILES string of the molecule is ClC[C@@H]1CO[C@](CBr)(c2ccc3ccccc3c2)O1. The summed E-state index contributed by atoms with van der Waals surface area (Å²) >= 11 is 9.35. The van der Waals surface area contributed by atoms with Crippen molar-refractivity contribution in [3.63, 3.8) is 0 Å². The third-order valence-corrected chi connectivity index (χ3v) is 4.48. The van der Waals surface area contributed by atoms with Crippen LogP contribution in [0.25, 0.3) is 10.8 Å². The second-order valence-electron chi connectivity index (χ2n) is 4.65. The van der Waals surface area contributed by atoms with Crippen LogP contribution in [0.5, 0.6) is 0 Å². The average Bonchev–Trinajstić information content (AvgIpc) is 2.92. The van der Waals surface area contributed by atoms with Gasteiger partial charge in [-0.15, -0.1) is 11.6 Å². The first-order valence-corrected chi connectivity index (χ1v) is 7.86. The molecule has 1 aliphatic heterocycles. The minimum absolute atomic E-state index is 0.0503. The van der Waals surface area contributed by atoms with E-state index >= 15 is 0 Å². The number of fused-ring (bicyclic) bond motifs is 1. The first-order chi connectivity index (χ1) is 9.27. The summed E-state index contributed by atoms with van der Waals surface area (Å²) < 4.78 is 11.9. The molecule has 2 aromatic carbocycles.